The van der Waals surface area contributed by atoms with Crippen LogP contribution in [0.4, 0.5) is 4.79 Å². The maximum absolute atomic E-state index is 11.8. The van der Waals surface area contributed by atoms with E-state index in [2.05, 4.69) is 0 Å². The molecule has 0 heterocycles. The fraction of sp³-hybridized carbons (Fsp3) is 0.917. The fourth-order valence-electron chi connectivity index (χ4n) is 2.20. The van der Waals surface area contributed by atoms with Gasteiger partial charge in [-0.2, -0.15) is 0 Å². The summed E-state index contributed by atoms with van der Waals surface area (Å²) in [6, 6.07) is 0.412. The van der Waals surface area contributed by atoms with Crippen molar-refractivity contribution in [2.24, 2.45) is 0 Å². The zero-order valence-corrected chi connectivity index (χ0v) is 10.2. The molecule has 0 spiro atoms. The van der Waals surface area contributed by atoms with Gasteiger partial charge in [-0.05, 0) is 33.6 Å². The number of hydrogen-bond acceptors (Lipinski definition) is 2. The second-order valence-corrected chi connectivity index (χ2v) is 4.51. The molecule has 3 nitrogen and oxygen atoms in total. The third-order valence-electron chi connectivity index (χ3n) is 2.93. The summed E-state index contributed by atoms with van der Waals surface area (Å²) in [5.41, 5.74) is 0. The number of hydrogen-bond donors (Lipinski definition) is 0. The Bertz CT molecular complexity index is 198. The van der Waals surface area contributed by atoms with Gasteiger partial charge < -0.3 is 9.64 Å². The van der Waals surface area contributed by atoms with E-state index in [0.29, 0.717) is 6.04 Å². The highest BCUT2D eigenvalue weighted by atomic mass is 16.6. The molecule has 1 aliphatic carbocycles. The summed E-state index contributed by atoms with van der Waals surface area (Å²) in [6.07, 6.45) is 5.93. The summed E-state index contributed by atoms with van der Waals surface area (Å²) in [7, 11) is 0. The molecular weight excluding hydrogens is 190 g/mol. The molecule has 1 rings (SSSR count). The van der Waals surface area contributed by atoms with E-state index in [4.69, 9.17) is 4.74 Å². The van der Waals surface area contributed by atoms with Crippen LogP contribution in [0.15, 0.2) is 0 Å². The first-order valence-corrected chi connectivity index (χ1v) is 6.12. The SMILES string of the molecule is CCN(C(=O)OC(C)C)C1CCCCC1. The molecule has 1 fully saturated rings. The van der Waals surface area contributed by atoms with Crippen LogP contribution in [-0.2, 0) is 4.74 Å². The molecule has 0 radical (unpaired) electrons. The lowest BCUT2D eigenvalue weighted by Gasteiger charge is -2.33. The predicted octanol–water partition coefficient (Wildman–Crippen LogP) is 3.19. The van der Waals surface area contributed by atoms with Crippen LogP contribution in [0.25, 0.3) is 0 Å². The Balaban J connectivity index is 2.49. The second kappa shape index (κ2) is 5.99. The van der Waals surface area contributed by atoms with Gasteiger partial charge in [-0.1, -0.05) is 19.3 Å². The summed E-state index contributed by atoms with van der Waals surface area (Å²) < 4.78 is 5.24. The van der Waals surface area contributed by atoms with Gasteiger partial charge in [0.25, 0.3) is 0 Å². The smallest absolute Gasteiger partial charge is 0.410 e. The molecule has 0 aromatic heterocycles. The van der Waals surface area contributed by atoms with E-state index in [1.54, 1.807) is 0 Å². The summed E-state index contributed by atoms with van der Waals surface area (Å²) in [4.78, 5) is 13.7. The van der Waals surface area contributed by atoms with Crippen LogP contribution in [0.2, 0.25) is 0 Å². The largest absolute Gasteiger partial charge is 0.447 e. The Kier molecular flexibility index (Phi) is 4.92. The van der Waals surface area contributed by atoms with E-state index in [9.17, 15) is 4.79 Å². The number of carbonyl (C=O) groups is 1. The molecule has 1 saturated carbocycles. The lowest BCUT2D eigenvalue weighted by Crippen LogP contribution is -2.42. The minimum absolute atomic E-state index is 0.0184. The van der Waals surface area contributed by atoms with Crippen LogP contribution in [0.1, 0.15) is 52.9 Å². The van der Waals surface area contributed by atoms with Gasteiger partial charge in [-0.25, -0.2) is 4.79 Å². The van der Waals surface area contributed by atoms with Gasteiger partial charge in [-0.3, -0.25) is 0 Å². The minimum atomic E-state index is -0.139. The lowest BCUT2D eigenvalue weighted by molar-refractivity contribution is 0.0584. The van der Waals surface area contributed by atoms with Gasteiger partial charge in [0.15, 0.2) is 0 Å². The van der Waals surface area contributed by atoms with Crippen LogP contribution in [0.3, 0.4) is 0 Å². The lowest BCUT2D eigenvalue weighted by atomic mass is 9.94. The molecule has 0 atom stereocenters. The van der Waals surface area contributed by atoms with Crippen molar-refractivity contribution in [3.05, 3.63) is 0 Å². The van der Waals surface area contributed by atoms with Crippen LogP contribution in [-0.4, -0.2) is 29.7 Å². The fourth-order valence-corrected chi connectivity index (χ4v) is 2.20. The molecule has 0 aliphatic heterocycles. The van der Waals surface area contributed by atoms with Gasteiger partial charge in [0.05, 0.1) is 6.10 Å². The number of amides is 1. The average molecular weight is 213 g/mol. The molecule has 0 saturated heterocycles. The molecule has 1 aliphatic rings. The predicted molar refractivity (Wildman–Crippen MR) is 60.9 cm³/mol. The van der Waals surface area contributed by atoms with Gasteiger partial charge in [0.1, 0.15) is 0 Å². The highest BCUT2D eigenvalue weighted by Gasteiger charge is 2.25. The molecule has 88 valence electrons. The highest BCUT2D eigenvalue weighted by molar-refractivity contribution is 5.68. The Morgan fingerprint density at radius 3 is 2.40 bits per heavy atom. The molecule has 0 aromatic rings. The Morgan fingerprint density at radius 1 is 1.33 bits per heavy atom. The molecule has 3 heteroatoms. The number of rotatable bonds is 3. The van der Waals surface area contributed by atoms with Crippen molar-refractivity contribution < 1.29 is 9.53 Å². The zero-order valence-electron chi connectivity index (χ0n) is 10.2. The summed E-state index contributed by atoms with van der Waals surface area (Å²) >= 11 is 0. The van der Waals surface area contributed by atoms with Crippen molar-refractivity contribution in [1.82, 2.24) is 4.90 Å². The minimum Gasteiger partial charge on any atom is -0.447 e. The van der Waals surface area contributed by atoms with Crippen molar-refractivity contribution in [3.8, 4) is 0 Å². The number of nitrogens with zero attached hydrogens (tertiary/aromatic N) is 1. The van der Waals surface area contributed by atoms with Crippen molar-refractivity contribution in [2.75, 3.05) is 6.54 Å². The monoisotopic (exact) mass is 213 g/mol. The van der Waals surface area contributed by atoms with Gasteiger partial charge in [0.2, 0.25) is 0 Å². The Morgan fingerprint density at radius 2 is 1.93 bits per heavy atom. The van der Waals surface area contributed by atoms with E-state index in [-0.39, 0.29) is 12.2 Å². The number of carbonyl (C=O) groups excluding carboxylic acids is 1. The molecule has 0 bridgehead atoms. The van der Waals surface area contributed by atoms with Crippen LogP contribution in [0, 0.1) is 0 Å². The summed E-state index contributed by atoms with van der Waals surface area (Å²) in [5, 5.41) is 0. The van der Waals surface area contributed by atoms with E-state index in [1.165, 1.54) is 19.3 Å². The molecular formula is C12H23NO2. The van der Waals surface area contributed by atoms with E-state index >= 15 is 0 Å². The van der Waals surface area contributed by atoms with Gasteiger partial charge in [0, 0.05) is 12.6 Å². The van der Waals surface area contributed by atoms with Gasteiger partial charge >= 0.3 is 6.09 Å². The Labute approximate surface area is 92.8 Å². The van der Waals surface area contributed by atoms with Crippen molar-refractivity contribution >= 4 is 6.09 Å². The molecule has 0 aromatic carbocycles. The molecule has 0 unspecified atom stereocenters. The highest BCUT2D eigenvalue weighted by Crippen LogP contribution is 2.23. The average Bonchev–Trinajstić information content (AvgIpc) is 2.19. The first-order chi connectivity index (χ1) is 7.15. The second-order valence-electron chi connectivity index (χ2n) is 4.51. The Hall–Kier alpha value is -0.730. The van der Waals surface area contributed by atoms with Crippen molar-refractivity contribution in [2.45, 2.75) is 65.0 Å². The normalized spacial score (nSPS) is 17.9. The molecule has 15 heavy (non-hydrogen) atoms. The molecule has 1 amide bonds. The third-order valence-corrected chi connectivity index (χ3v) is 2.93. The maximum Gasteiger partial charge on any atom is 0.410 e. The van der Waals surface area contributed by atoms with E-state index in [1.807, 2.05) is 25.7 Å². The first-order valence-electron chi connectivity index (χ1n) is 6.12. The quantitative estimate of drug-likeness (QED) is 0.720. The topological polar surface area (TPSA) is 29.5 Å². The standard InChI is InChI=1S/C12H23NO2/c1-4-13(12(14)15-10(2)3)11-8-6-5-7-9-11/h10-11H,4-9H2,1-3H3. The van der Waals surface area contributed by atoms with Crippen molar-refractivity contribution in [3.63, 3.8) is 0 Å². The number of ether oxygens (including phenoxy) is 1. The van der Waals surface area contributed by atoms with Crippen LogP contribution >= 0.6 is 0 Å². The first kappa shape index (κ1) is 12.3. The van der Waals surface area contributed by atoms with E-state index < -0.39 is 0 Å². The third kappa shape index (κ3) is 3.73. The summed E-state index contributed by atoms with van der Waals surface area (Å²) in [6.45, 7) is 6.58. The van der Waals surface area contributed by atoms with Crippen molar-refractivity contribution in [1.29, 1.82) is 0 Å². The van der Waals surface area contributed by atoms with Crippen LogP contribution < -0.4 is 0 Å². The maximum atomic E-state index is 11.8. The summed E-state index contributed by atoms with van der Waals surface area (Å²) in [5.74, 6) is 0. The van der Waals surface area contributed by atoms with E-state index in [0.717, 1.165) is 19.4 Å². The molecule has 0 N–H and O–H groups in total. The zero-order chi connectivity index (χ0) is 11.3. The van der Waals surface area contributed by atoms with Crippen LogP contribution in [0.5, 0.6) is 0 Å². The van der Waals surface area contributed by atoms with Gasteiger partial charge in [-0.15, -0.1) is 0 Å².